The number of rotatable bonds is 9. The van der Waals surface area contributed by atoms with Crippen molar-refractivity contribution in [2.24, 2.45) is 0 Å². The highest BCUT2D eigenvalue weighted by Crippen LogP contribution is 2.25. The average Bonchev–Trinajstić information content (AvgIpc) is 2.65. The van der Waals surface area contributed by atoms with Crippen molar-refractivity contribution >= 4 is 39.1 Å². The third-order valence-corrected chi connectivity index (χ3v) is 6.33. The van der Waals surface area contributed by atoms with E-state index in [4.69, 9.17) is 0 Å². The maximum absolute atomic E-state index is 12.5. The molecule has 0 heterocycles. The minimum atomic E-state index is -3.84. The molecule has 1 atom stereocenters. The van der Waals surface area contributed by atoms with Gasteiger partial charge in [-0.1, -0.05) is 23.8 Å². The Kier molecular flexibility index (Phi) is 7.63. The van der Waals surface area contributed by atoms with Crippen molar-refractivity contribution in [3.63, 3.8) is 0 Å². The van der Waals surface area contributed by atoms with Crippen LogP contribution in [0.3, 0.4) is 0 Å². The molecule has 0 spiro atoms. The maximum Gasteiger partial charge on any atom is 0.271 e. The van der Waals surface area contributed by atoms with Gasteiger partial charge in [-0.15, -0.1) is 11.8 Å². The van der Waals surface area contributed by atoms with Crippen LogP contribution in [0.25, 0.3) is 0 Å². The summed E-state index contributed by atoms with van der Waals surface area (Å²) in [4.78, 5) is 24.0. The zero-order valence-electron chi connectivity index (χ0n) is 16.4. The lowest BCUT2D eigenvalue weighted by Crippen LogP contribution is -2.48. The fourth-order valence-corrected chi connectivity index (χ4v) is 4.61. The molecule has 29 heavy (non-hydrogen) atoms. The minimum Gasteiger partial charge on any atom is -0.353 e. The van der Waals surface area contributed by atoms with Crippen molar-refractivity contribution in [2.75, 3.05) is 22.9 Å². The van der Waals surface area contributed by atoms with E-state index < -0.39 is 26.9 Å². The number of amides is 1. The van der Waals surface area contributed by atoms with Crippen LogP contribution in [0, 0.1) is 17.0 Å². The van der Waals surface area contributed by atoms with E-state index in [1.165, 1.54) is 30.7 Å². The predicted molar refractivity (Wildman–Crippen MR) is 115 cm³/mol. The Morgan fingerprint density at radius 3 is 2.48 bits per heavy atom. The number of aryl methyl sites for hydroxylation is 1. The molecule has 10 heteroatoms. The van der Waals surface area contributed by atoms with E-state index in [1.54, 1.807) is 11.8 Å². The summed E-state index contributed by atoms with van der Waals surface area (Å²) >= 11 is 1.58. The van der Waals surface area contributed by atoms with Crippen molar-refractivity contribution in [3.8, 4) is 0 Å². The van der Waals surface area contributed by atoms with Gasteiger partial charge in [0, 0.05) is 29.3 Å². The van der Waals surface area contributed by atoms with Crippen molar-refractivity contribution in [3.05, 3.63) is 64.2 Å². The van der Waals surface area contributed by atoms with Crippen molar-refractivity contribution in [1.29, 1.82) is 0 Å². The van der Waals surface area contributed by atoms with Gasteiger partial charge in [0.15, 0.2) is 0 Å². The fourth-order valence-electron chi connectivity index (χ4n) is 2.68. The lowest BCUT2D eigenvalue weighted by atomic mass is 10.2. The second-order valence-electron chi connectivity index (χ2n) is 6.46. The van der Waals surface area contributed by atoms with Crippen LogP contribution in [0.4, 0.5) is 11.4 Å². The zero-order valence-corrected chi connectivity index (χ0v) is 18.0. The fraction of sp³-hybridized carbons (Fsp3) is 0.316. The van der Waals surface area contributed by atoms with Gasteiger partial charge in [-0.25, -0.2) is 8.42 Å². The quantitative estimate of drug-likeness (QED) is 0.280. The van der Waals surface area contributed by atoms with Crippen LogP contribution in [0.1, 0.15) is 12.5 Å². The number of hydrogen-bond donors (Lipinski definition) is 1. The normalized spacial score (nSPS) is 12.2. The lowest BCUT2D eigenvalue weighted by molar-refractivity contribution is -0.384. The molecule has 0 aliphatic heterocycles. The van der Waals surface area contributed by atoms with Gasteiger partial charge in [-0.3, -0.25) is 19.2 Å². The van der Waals surface area contributed by atoms with Crippen LogP contribution >= 0.6 is 11.8 Å². The molecule has 0 aliphatic carbocycles. The van der Waals surface area contributed by atoms with E-state index in [1.807, 2.05) is 31.2 Å². The van der Waals surface area contributed by atoms with Gasteiger partial charge in [-0.05, 0) is 32.0 Å². The Morgan fingerprint density at radius 1 is 1.24 bits per heavy atom. The summed E-state index contributed by atoms with van der Waals surface area (Å²) in [5.74, 6) is 0.142. The van der Waals surface area contributed by atoms with E-state index in [9.17, 15) is 23.3 Å². The Bertz CT molecular complexity index is 978. The number of carbonyl (C=O) groups is 1. The summed E-state index contributed by atoms with van der Waals surface area (Å²) in [6.45, 7) is 3.81. The number of hydrogen-bond acceptors (Lipinski definition) is 6. The first-order valence-corrected chi connectivity index (χ1v) is 11.6. The zero-order chi connectivity index (χ0) is 21.6. The Hall–Kier alpha value is -2.59. The van der Waals surface area contributed by atoms with Crippen LogP contribution < -0.4 is 9.62 Å². The van der Waals surface area contributed by atoms with Crippen LogP contribution in [0.5, 0.6) is 0 Å². The Labute approximate surface area is 174 Å². The lowest BCUT2D eigenvalue weighted by Gasteiger charge is -2.28. The molecule has 0 fully saturated rings. The number of sulfonamides is 1. The van der Waals surface area contributed by atoms with Crippen molar-refractivity contribution in [2.45, 2.75) is 24.8 Å². The molecule has 1 N–H and O–H groups in total. The predicted octanol–water partition coefficient (Wildman–Crippen LogP) is 2.97. The van der Waals surface area contributed by atoms with Gasteiger partial charge >= 0.3 is 0 Å². The molecular formula is C19H23N3O5S2. The molecule has 0 radical (unpaired) electrons. The van der Waals surface area contributed by atoms with Gasteiger partial charge in [0.1, 0.15) is 6.04 Å². The summed E-state index contributed by atoms with van der Waals surface area (Å²) in [5, 5.41) is 13.7. The Balaban J connectivity index is 2.04. The average molecular weight is 438 g/mol. The molecule has 1 unspecified atom stereocenters. The third-order valence-electron chi connectivity index (χ3n) is 4.07. The van der Waals surface area contributed by atoms with Gasteiger partial charge in [0.05, 0.1) is 16.9 Å². The second-order valence-corrected chi connectivity index (χ2v) is 9.49. The highest BCUT2D eigenvalue weighted by Gasteiger charge is 2.29. The van der Waals surface area contributed by atoms with E-state index in [0.717, 1.165) is 21.5 Å². The number of benzene rings is 2. The molecule has 1 amide bonds. The van der Waals surface area contributed by atoms with Crippen LogP contribution in [0.15, 0.2) is 53.4 Å². The first-order valence-electron chi connectivity index (χ1n) is 8.80. The topological polar surface area (TPSA) is 110 Å². The summed E-state index contributed by atoms with van der Waals surface area (Å²) in [6.07, 6.45) is 0.961. The van der Waals surface area contributed by atoms with Crippen molar-refractivity contribution < 1.29 is 18.1 Å². The number of nitro benzene ring substituents is 1. The molecule has 0 aromatic heterocycles. The first kappa shape index (κ1) is 22.7. The highest BCUT2D eigenvalue weighted by molar-refractivity contribution is 7.99. The summed E-state index contributed by atoms with van der Waals surface area (Å²) in [5.41, 5.74) is 0.982. The summed E-state index contributed by atoms with van der Waals surface area (Å²) in [7, 11) is -3.84. The molecule has 2 aromatic rings. The molecule has 0 aliphatic rings. The molecule has 2 rings (SSSR count). The number of carbonyl (C=O) groups excluding carboxylic acids is 1. The van der Waals surface area contributed by atoms with E-state index in [-0.39, 0.29) is 11.4 Å². The number of nitro groups is 1. The molecule has 2 aromatic carbocycles. The van der Waals surface area contributed by atoms with Gasteiger partial charge in [0.2, 0.25) is 15.9 Å². The van der Waals surface area contributed by atoms with Crippen LogP contribution in [0.2, 0.25) is 0 Å². The summed E-state index contributed by atoms with van der Waals surface area (Å²) < 4.78 is 25.4. The van der Waals surface area contributed by atoms with E-state index >= 15 is 0 Å². The molecule has 0 saturated carbocycles. The van der Waals surface area contributed by atoms with Crippen molar-refractivity contribution in [1.82, 2.24) is 5.32 Å². The minimum absolute atomic E-state index is 0.0679. The second kappa shape index (κ2) is 9.75. The van der Waals surface area contributed by atoms with Gasteiger partial charge in [0.25, 0.3) is 5.69 Å². The monoisotopic (exact) mass is 437 g/mol. The number of nitrogens with one attached hydrogen (secondary N) is 1. The molecule has 8 nitrogen and oxygen atoms in total. The highest BCUT2D eigenvalue weighted by atomic mass is 32.2. The molecule has 0 saturated heterocycles. The SMILES string of the molecule is Cc1ccc(SCCNC(=O)C(C)N(c2cccc([N+](=O)[O-])c2)S(C)(=O)=O)cc1. The van der Waals surface area contributed by atoms with Crippen LogP contribution in [-0.2, 0) is 14.8 Å². The number of non-ortho nitro benzene ring substituents is 1. The van der Waals surface area contributed by atoms with E-state index in [2.05, 4.69) is 5.32 Å². The van der Waals surface area contributed by atoms with E-state index in [0.29, 0.717) is 12.3 Å². The summed E-state index contributed by atoms with van der Waals surface area (Å²) in [6, 6.07) is 12.2. The first-order chi connectivity index (χ1) is 13.6. The standard InChI is InChI=1S/C19H23N3O5S2/c1-14-7-9-18(10-8-14)28-12-11-20-19(23)15(2)21(29(3,26)27)16-5-4-6-17(13-16)22(24)25/h4-10,13,15H,11-12H2,1-3H3,(H,20,23). The third kappa shape index (κ3) is 6.47. The Morgan fingerprint density at radius 2 is 1.90 bits per heavy atom. The molecular weight excluding hydrogens is 414 g/mol. The number of nitrogens with zero attached hydrogens (tertiary/aromatic N) is 2. The maximum atomic E-state index is 12.5. The number of thioether (sulfide) groups is 1. The molecule has 0 bridgehead atoms. The van der Waals surface area contributed by atoms with Gasteiger partial charge in [-0.2, -0.15) is 0 Å². The smallest absolute Gasteiger partial charge is 0.271 e. The number of anilines is 1. The van der Waals surface area contributed by atoms with Gasteiger partial charge < -0.3 is 5.32 Å². The largest absolute Gasteiger partial charge is 0.353 e. The van der Waals surface area contributed by atoms with Crippen LogP contribution in [-0.4, -0.2) is 43.8 Å². The molecule has 156 valence electrons.